The number of alkyl halides is 6. The summed E-state index contributed by atoms with van der Waals surface area (Å²) in [6.07, 6.45) is -11.9. The summed E-state index contributed by atoms with van der Waals surface area (Å²) in [4.78, 5) is 0.723. The van der Waals surface area contributed by atoms with Gasteiger partial charge in [0.05, 0.1) is 18.8 Å². The first-order chi connectivity index (χ1) is 12.1. The molecule has 0 aromatic rings. The molecule has 0 radical (unpaired) electrons. The molecule has 0 rings (SSSR count). The summed E-state index contributed by atoms with van der Waals surface area (Å²) in [5, 5.41) is 11.3. The molecule has 0 aromatic heterocycles. The molecule has 28 heavy (non-hydrogen) atoms. The molecule has 0 spiro atoms. The van der Waals surface area contributed by atoms with Crippen molar-refractivity contribution >= 4 is 55.7 Å². The molecule has 5 nitrogen and oxygen atoms in total. The summed E-state index contributed by atoms with van der Waals surface area (Å²) < 4.78 is 88.6. The normalized spacial score (nSPS) is 12.9. The molecule has 0 heterocycles. The van der Waals surface area contributed by atoms with Gasteiger partial charge in [0.1, 0.15) is 0 Å². The first kappa shape index (κ1) is 33.7. The molecule has 0 aliphatic carbocycles. The summed E-state index contributed by atoms with van der Waals surface area (Å²) in [6, 6.07) is 0. The van der Waals surface area contributed by atoms with E-state index in [2.05, 4.69) is 40.3 Å². The van der Waals surface area contributed by atoms with Crippen molar-refractivity contribution in [1.29, 1.82) is 0 Å². The van der Waals surface area contributed by atoms with Crippen LogP contribution in [0.3, 0.4) is 0 Å². The second-order valence-corrected chi connectivity index (χ2v) is 12.0. The van der Waals surface area contributed by atoms with Gasteiger partial charge in [-0.15, -0.1) is 0 Å². The number of rotatable bonds is 10. The van der Waals surface area contributed by atoms with Crippen LogP contribution >= 0.6 is 0 Å². The van der Waals surface area contributed by atoms with Gasteiger partial charge in [0, 0.05) is 33.9 Å². The second-order valence-electron chi connectivity index (χ2n) is 6.42. The molecule has 166 valence electrons. The van der Waals surface area contributed by atoms with E-state index in [1.807, 2.05) is 0 Å². The molecule has 0 atom stereocenters. The van der Waals surface area contributed by atoms with Crippen LogP contribution in [-0.2, 0) is 9.47 Å². The molecule has 0 aliphatic heterocycles. The van der Waals surface area contributed by atoms with E-state index < -0.39 is 42.4 Å². The Hall–Kier alpha value is 1.07. The Labute approximate surface area is 196 Å². The first-order valence-corrected chi connectivity index (χ1v) is 14.0. The van der Waals surface area contributed by atoms with E-state index in [9.17, 15) is 31.4 Å². The minimum atomic E-state index is -5.94. The number of halogens is 6. The van der Waals surface area contributed by atoms with Gasteiger partial charge >= 0.3 is 50.1 Å². The third-order valence-corrected chi connectivity index (χ3v) is 7.95. The van der Waals surface area contributed by atoms with Crippen LogP contribution in [0.5, 0.6) is 0 Å². The van der Waals surface area contributed by atoms with Crippen LogP contribution in [0.1, 0.15) is 0 Å². The molecular weight excluding hydrogens is 454 g/mol. The number of hydrogen-bond donors (Lipinski definition) is 0. The average Bonchev–Trinajstić information content (AvgIpc) is 2.46. The minimum Gasteiger partial charge on any atom is -0.835 e. The van der Waals surface area contributed by atoms with Crippen molar-refractivity contribution < 1.29 is 40.9 Å². The largest absolute Gasteiger partial charge is 2.00 e. The molecule has 0 unspecified atom stereocenters. The van der Waals surface area contributed by atoms with Gasteiger partial charge in [-0.2, -0.15) is 26.3 Å². The molecule has 0 saturated carbocycles. The standard InChI is InChI=1S/C10H16F6NO3.C4H14NSi2.Ca/c1-19-5-3-17(4-6-20-2)7-8(18,9(11,12)13)10(14,15)16;1-6(2)5-7(3)4;/h3-7H2,1-2H3;6-7H,1-4H3;/q2*-1;+2. The molecule has 14 heteroatoms. The van der Waals surface area contributed by atoms with E-state index >= 15 is 0 Å². The molecule has 0 bridgehead atoms. The Balaban J connectivity index is -0.000000665. The smallest absolute Gasteiger partial charge is 0.835 e. The van der Waals surface area contributed by atoms with Gasteiger partial charge in [0.25, 0.3) is 0 Å². The van der Waals surface area contributed by atoms with Crippen molar-refractivity contribution in [1.82, 2.24) is 4.90 Å². The predicted octanol–water partition coefficient (Wildman–Crippen LogP) is 1.75. The van der Waals surface area contributed by atoms with Gasteiger partial charge < -0.3 is 19.2 Å². The van der Waals surface area contributed by atoms with E-state index in [-0.39, 0.29) is 64.0 Å². The molecule has 0 aliphatic rings. The summed E-state index contributed by atoms with van der Waals surface area (Å²) >= 11 is 0. The van der Waals surface area contributed by atoms with Gasteiger partial charge in [0.2, 0.25) is 0 Å². The zero-order chi connectivity index (χ0) is 21.9. The third-order valence-electron chi connectivity index (χ3n) is 3.18. The third kappa shape index (κ3) is 14.1. The Bertz CT molecular complexity index is 363. The van der Waals surface area contributed by atoms with Crippen LogP contribution in [0.2, 0.25) is 26.2 Å². The van der Waals surface area contributed by atoms with Crippen LogP contribution in [0.4, 0.5) is 26.3 Å². The first-order valence-electron chi connectivity index (χ1n) is 8.36. The number of nitrogens with zero attached hydrogens (tertiary/aromatic N) is 2. The van der Waals surface area contributed by atoms with E-state index in [4.69, 9.17) is 0 Å². The van der Waals surface area contributed by atoms with Crippen LogP contribution in [0, 0.1) is 0 Å². The van der Waals surface area contributed by atoms with Crippen molar-refractivity contribution in [3.05, 3.63) is 4.65 Å². The molecular formula is C14H30CaF6N2O3Si2. The van der Waals surface area contributed by atoms with E-state index in [0.29, 0.717) is 0 Å². The Morgan fingerprint density at radius 3 is 1.32 bits per heavy atom. The van der Waals surface area contributed by atoms with Crippen LogP contribution < -0.4 is 5.11 Å². The fraction of sp³-hybridized carbons (Fsp3) is 1.00. The average molecular weight is 485 g/mol. The van der Waals surface area contributed by atoms with Crippen LogP contribution in [-0.4, -0.2) is 126 Å². The van der Waals surface area contributed by atoms with Crippen molar-refractivity contribution in [2.24, 2.45) is 0 Å². The zero-order valence-corrected chi connectivity index (χ0v) is 21.8. The fourth-order valence-electron chi connectivity index (χ4n) is 1.96. The van der Waals surface area contributed by atoms with Gasteiger partial charge in [0.15, 0.2) is 0 Å². The fourth-order valence-corrected chi connectivity index (χ4v) is 6.73. The molecule has 0 N–H and O–H groups in total. The predicted molar refractivity (Wildman–Crippen MR) is 102 cm³/mol. The number of ether oxygens (including phenoxy) is 2. The SMILES string of the molecule is COCCN(CCOC)CC([O-])(C(F)(F)F)C(F)(F)F.C[SiH](C)[N-][SiH](C)C.[Ca+2]. The summed E-state index contributed by atoms with van der Waals surface area (Å²) in [5.74, 6) is 0. The van der Waals surface area contributed by atoms with Crippen molar-refractivity contribution in [3.63, 3.8) is 0 Å². The number of methoxy groups -OCH3 is 2. The van der Waals surface area contributed by atoms with Crippen molar-refractivity contribution in [2.75, 3.05) is 47.1 Å². The molecule has 0 fully saturated rings. The Kier molecular flexibility index (Phi) is 19.0. The maximum atomic E-state index is 12.5. The summed E-state index contributed by atoms with van der Waals surface area (Å²) in [7, 11) is 1.40. The van der Waals surface area contributed by atoms with E-state index in [1.165, 1.54) is 14.2 Å². The number of hydrogen-bond acceptors (Lipinski definition) is 4. The van der Waals surface area contributed by atoms with Crippen molar-refractivity contribution in [3.8, 4) is 0 Å². The Morgan fingerprint density at radius 2 is 1.14 bits per heavy atom. The summed E-state index contributed by atoms with van der Waals surface area (Å²) in [6.45, 7) is 6.66. The quantitative estimate of drug-likeness (QED) is 0.350. The van der Waals surface area contributed by atoms with Crippen LogP contribution in [0.15, 0.2) is 0 Å². The summed E-state index contributed by atoms with van der Waals surface area (Å²) in [5.41, 5.74) is -5.04. The van der Waals surface area contributed by atoms with Gasteiger partial charge in [-0.1, -0.05) is 44.1 Å². The maximum absolute atomic E-state index is 12.5. The van der Waals surface area contributed by atoms with Gasteiger partial charge in [-0.05, 0) is 0 Å². The van der Waals surface area contributed by atoms with E-state index in [1.54, 1.807) is 0 Å². The zero-order valence-electron chi connectivity index (χ0n) is 17.3. The van der Waals surface area contributed by atoms with E-state index in [0.717, 1.165) is 4.90 Å². The van der Waals surface area contributed by atoms with Gasteiger partial charge in [-0.3, -0.25) is 4.90 Å². The molecule has 0 saturated heterocycles. The monoisotopic (exact) mass is 484 g/mol. The second kappa shape index (κ2) is 15.8. The minimum absolute atomic E-state index is 0. The molecule has 0 aromatic carbocycles. The van der Waals surface area contributed by atoms with Gasteiger partial charge in [-0.25, -0.2) is 0 Å². The maximum Gasteiger partial charge on any atom is 2.00 e. The van der Waals surface area contributed by atoms with Crippen LogP contribution in [0.25, 0.3) is 4.65 Å². The molecule has 0 amide bonds. The van der Waals surface area contributed by atoms with Crippen molar-refractivity contribution in [2.45, 2.75) is 44.1 Å². The Morgan fingerprint density at radius 1 is 0.821 bits per heavy atom. The topological polar surface area (TPSA) is 58.9 Å².